The standard InChI is InChI=1S/C16H18N2OS/c1-11-5-3-6-12(9-11)10-18(2)16-17-15-13(19)7-4-8-14(15)20-16/h3,5-6,9H,4,7-8,10H2,1-2H3. The van der Waals surface area contributed by atoms with Crippen molar-refractivity contribution in [3.63, 3.8) is 0 Å². The molecular weight excluding hydrogens is 268 g/mol. The molecule has 0 spiro atoms. The van der Waals surface area contributed by atoms with Crippen molar-refractivity contribution in [3.8, 4) is 0 Å². The normalized spacial score (nSPS) is 14.2. The number of rotatable bonds is 3. The van der Waals surface area contributed by atoms with E-state index >= 15 is 0 Å². The number of nitrogens with zero attached hydrogens (tertiary/aromatic N) is 2. The Morgan fingerprint density at radius 1 is 1.35 bits per heavy atom. The molecule has 0 saturated carbocycles. The Bertz CT molecular complexity index is 648. The third-order valence-corrected chi connectivity index (χ3v) is 4.82. The zero-order chi connectivity index (χ0) is 14.1. The summed E-state index contributed by atoms with van der Waals surface area (Å²) in [6.07, 6.45) is 2.61. The van der Waals surface area contributed by atoms with Gasteiger partial charge in [0.05, 0.1) is 0 Å². The van der Waals surface area contributed by atoms with Gasteiger partial charge in [-0.05, 0) is 25.3 Å². The maximum atomic E-state index is 11.9. The predicted octanol–water partition coefficient (Wildman–Crippen LogP) is 3.61. The highest BCUT2D eigenvalue weighted by Crippen LogP contribution is 2.31. The van der Waals surface area contributed by atoms with Crippen LogP contribution in [0.4, 0.5) is 5.13 Å². The Morgan fingerprint density at radius 2 is 2.20 bits per heavy atom. The van der Waals surface area contributed by atoms with Gasteiger partial charge in [0.1, 0.15) is 5.69 Å². The zero-order valence-corrected chi connectivity index (χ0v) is 12.7. The molecule has 1 aliphatic rings. The summed E-state index contributed by atoms with van der Waals surface area (Å²) in [6, 6.07) is 8.50. The van der Waals surface area contributed by atoms with E-state index in [-0.39, 0.29) is 5.78 Å². The third kappa shape index (κ3) is 2.61. The summed E-state index contributed by atoms with van der Waals surface area (Å²) in [5.41, 5.74) is 3.25. The van der Waals surface area contributed by atoms with Gasteiger partial charge in [-0.25, -0.2) is 4.98 Å². The van der Waals surface area contributed by atoms with Crippen molar-refractivity contribution in [2.75, 3.05) is 11.9 Å². The lowest BCUT2D eigenvalue weighted by molar-refractivity contribution is 0.0968. The fourth-order valence-corrected chi connectivity index (χ4v) is 3.65. The smallest absolute Gasteiger partial charge is 0.186 e. The van der Waals surface area contributed by atoms with Crippen LogP contribution in [0.3, 0.4) is 0 Å². The van der Waals surface area contributed by atoms with Crippen LogP contribution >= 0.6 is 11.3 Å². The van der Waals surface area contributed by atoms with Gasteiger partial charge in [0.15, 0.2) is 10.9 Å². The summed E-state index contributed by atoms with van der Waals surface area (Å²) in [6.45, 7) is 2.92. The molecule has 0 aliphatic heterocycles. The average molecular weight is 286 g/mol. The zero-order valence-electron chi connectivity index (χ0n) is 11.8. The number of thiazole rings is 1. The van der Waals surface area contributed by atoms with Crippen LogP contribution in [-0.2, 0) is 13.0 Å². The van der Waals surface area contributed by atoms with Gasteiger partial charge < -0.3 is 4.90 Å². The second-order valence-electron chi connectivity index (χ2n) is 5.39. The van der Waals surface area contributed by atoms with Crippen LogP contribution in [0, 0.1) is 6.92 Å². The van der Waals surface area contributed by atoms with Gasteiger partial charge >= 0.3 is 0 Å². The average Bonchev–Trinajstić information content (AvgIpc) is 2.84. The van der Waals surface area contributed by atoms with Gasteiger partial charge in [-0.1, -0.05) is 29.8 Å². The molecule has 0 amide bonds. The van der Waals surface area contributed by atoms with Crippen molar-refractivity contribution < 1.29 is 4.79 Å². The predicted molar refractivity (Wildman–Crippen MR) is 82.7 cm³/mol. The van der Waals surface area contributed by atoms with Gasteiger partial charge in [0.25, 0.3) is 0 Å². The summed E-state index contributed by atoms with van der Waals surface area (Å²) < 4.78 is 0. The molecule has 1 aliphatic carbocycles. The van der Waals surface area contributed by atoms with E-state index in [0.717, 1.165) is 29.4 Å². The summed E-state index contributed by atoms with van der Waals surface area (Å²) in [4.78, 5) is 19.7. The lowest BCUT2D eigenvalue weighted by Gasteiger charge is -2.15. The van der Waals surface area contributed by atoms with Gasteiger partial charge in [0, 0.05) is 24.9 Å². The second kappa shape index (κ2) is 5.37. The Labute approximate surface area is 123 Å². The molecule has 0 fully saturated rings. The van der Waals surface area contributed by atoms with Crippen LogP contribution in [0.25, 0.3) is 0 Å². The number of Topliss-reactive ketones (excluding diaryl/α,β-unsaturated/α-hetero) is 1. The number of hydrogen-bond acceptors (Lipinski definition) is 4. The van der Waals surface area contributed by atoms with E-state index in [0.29, 0.717) is 12.1 Å². The minimum absolute atomic E-state index is 0.206. The van der Waals surface area contributed by atoms with Crippen LogP contribution in [0.2, 0.25) is 0 Å². The van der Waals surface area contributed by atoms with Gasteiger partial charge in [-0.2, -0.15) is 0 Å². The number of anilines is 1. The fourth-order valence-electron chi connectivity index (χ4n) is 2.57. The molecule has 20 heavy (non-hydrogen) atoms. The molecule has 0 atom stereocenters. The Kier molecular flexibility index (Phi) is 3.57. The van der Waals surface area contributed by atoms with Crippen molar-refractivity contribution >= 4 is 22.3 Å². The van der Waals surface area contributed by atoms with E-state index in [4.69, 9.17) is 0 Å². The molecule has 0 N–H and O–H groups in total. The molecule has 4 heteroatoms. The number of hydrogen-bond donors (Lipinski definition) is 0. The largest absolute Gasteiger partial charge is 0.347 e. The molecule has 1 aromatic heterocycles. The first kappa shape index (κ1) is 13.3. The highest BCUT2D eigenvalue weighted by molar-refractivity contribution is 7.15. The quantitative estimate of drug-likeness (QED) is 0.864. The number of carbonyl (C=O) groups excluding carboxylic acids is 1. The van der Waals surface area contributed by atoms with Gasteiger partial charge in [0.2, 0.25) is 0 Å². The summed E-state index contributed by atoms with van der Waals surface area (Å²) >= 11 is 1.66. The molecule has 0 radical (unpaired) electrons. The summed E-state index contributed by atoms with van der Waals surface area (Å²) in [5, 5.41) is 0.951. The highest BCUT2D eigenvalue weighted by Gasteiger charge is 2.23. The Hall–Kier alpha value is -1.68. The van der Waals surface area contributed by atoms with Crippen LogP contribution in [-0.4, -0.2) is 17.8 Å². The molecule has 2 aromatic rings. The summed E-state index contributed by atoms with van der Waals surface area (Å²) in [5.74, 6) is 0.206. The maximum Gasteiger partial charge on any atom is 0.186 e. The molecule has 0 bridgehead atoms. The minimum atomic E-state index is 0.206. The topological polar surface area (TPSA) is 33.2 Å². The second-order valence-corrected chi connectivity index (χ2v) is 6.45. The van der Waals surface area contributed by atoms with Crippen molar-refractivity contribution in [1.29, 1.82) is 0 Å². The van der Waals surface area contributed by atoms with Crippen molar-refractivity contribution in [1.82, 2.24) is 4.98 Å². The van der Waals surface area contributed by atoms with E-state index < -0.39 is 0 Å². The highest BCUT2D eigenvalue weighted by atomic mass is 32.1. The first-order chi connectivity index (χ1) is 9.63. The van der Waals surface area contributed by atoms with Crippen molar-refractivity contribution in [3.05, 3.63) is 46.0 Å². The number of aryl methyl sites for hydroxylation is 2. The molecule has 3 rings (SSSR count). The molecular formula is C16H18N2OS. The van der Waals surface area contributed by atoms with Crippen molar-refractivity contribution in [2.45, 2.75) is 32.7 Å². The SMILES string of the molecule is Cc1cccc(CN(C)c2nc3c(s2)CCCC3=O)c1. The van der Waals surface area contributed by atoms with Crippen LogP contribution < -0.4 is 4.90 Å². The van der Waals surface area contributed by atoms with Crippen LogP contribution in [0.5, 0.6) is 0 Å². The first-order valence-electron chi connectivity index (χ1n) is 6.93. The third-order valence-electron chi connectivity index (χ3n) is 3.59. The Morgan fingerprint density at radius 3 is 2.95 bits per heavy atom. The first-order valence-corrected chi connectivity index (χ1v) is 7.75. The number of benzene rings is 1. The molecule has 0 unspecified atom stereocenters. The minimum Gasteiger partial charge on any atom is -0.347 e. The van der Waals surface area contributed by atoms with Gasteiger partial charge in [-0.3, -0.25) is 4.79 Å². The van der Waals surface area contributed by atoms with Crippen LogP contribution in [0.15, 0.2) is 24.3 Å². The molecule has 0 saturated heterocycles. The van der Waals surface area contributed by atoms with E-state index in [1.807, 2.05) is 7.05 Å². The fraction of sp³-hybridized carbons (Fsp3) is 0.375. The van der Waals surface area contributed by atoms with E-state index in [9.17, 15) is 4.79 Å². The lowest BCUT2D eigenvalue weighted by Crippen LogP contribution is -2.16. The van der Waals surface area contributed by atoms with Crippen LogP contribution in [0.1, 0.15) is 39.3 Å². The number of carbonyl (C=O) groups is 1. The van der Waals surface area contributed by atoms with Crippen molar-refractivity contribution in [2.24, 2.45) is 0 Å². The molecule has 104 valence electrons. The van der Waals surface area contributed by atoms with Gasteiger partial charge in [-0.15, -0.1) is 11.3 Å². The number of ketones is 1. The van der Waals surface area contributed by atoms with E-state index in [2.05, 4.69) is 41.1 Å². The lowest BCUT2D eigenvalue weighted by atomic mass is 10.0. The maximum absolute atomic E-state index is 11.9. The number of fused-ring (bicyclic) bond motifs is 1. The monoisotopic (exact) mass is 286 g/mol. The molecule has 1 aromatic carbocycles. The number of aromatic nitrogens is 1. The van der Waals surface area contributed by atoms with E-state index in [1.165, 1.54) is 11.1 Å². The summed E-state index contributed by atoms with van der Waals surface area (Å²) in [7, 11) is 2.04. The Balaban J connectivity index is 1.81. The molecule has 3 nitrogen and oxygen atoms in total. The van der Waals surface area contributed by atoms with E-state index in [1.54, 1.807) is 11.3 Å². The molecule has 1 heterocycles.